The van der Waals surface area contributed by atoms with E-state index in [1.807, 2.05) is 12.1 Å². The maximum atomic E-state index is 13.0. The van der Waals surface area contributed by atoms with Gasteiger partial charge < -0.3 is 10.6 Å². The number of benzene rings is 3. The van der Waals surface area contributed by atoms with E-state index in [0.717, 1.165) is 4.47 Å². The SMILES string of the molecule is O=C(Nc1ccc(Cl)cc1)C(=O)Nn1c(C(=O)Nc2ccccc2)cc2cc(Br)ccc21. The summed E-state index contributed by atoms with van der Waals surface area (Å²) in [4.78, 5) is 38.0. The monoisotopic (exact) mass is 510 g/mol. The number of aromatic nitrogens is 1. The molecule has 160 valence electrons. The third kappa shape index (κ3) is 4.82. The highest BCUT2D eigenvalue weighted by atomic mass is 79.9. The molecule has 0 radical (unpaired) electrons. The lowest BCUT2D eigenvalue weighted by Crippen LogP contribution is -2.36. The van der Waals surface area contributed by atoms with Crippen LogP contribution < -0.4 is 16.1 Å². The van der Waals surface area contributed by atoms with E-state index in [9.17, 15) is 14.4 Å². The van der Waals surface area contributed by atoms with Crippen molar-refractivity contribution < 1.29 is 14.4 Å². The molecule has 3 aromatic carbocycles. The van der Waals surface area contributed by atoms with E-state index in [-0.39, 0.29) is 5.69 Å². The van der Waals surface area contributed by atoms with Crippen molar-refractivity contribution in [1.29, 1.82) is 0 Å². The van der Waals surface area contributed by atoms with E-state index in [1.165, 1.54) is 4.68 Å². The van der Waals surface area contributed by atoms with Gasteiger partial charge in [0.1, 0.15) is 5.69 Å². The molecule has 0 saturated heterocycles. The molecule has 0 saturated carbocycles. The molecule has 4 aromatic rings. The number of halogens is 2. The molecule has 1 aromatic heterocycles. The highest BCUT2D eigenvalue weighted by Crippen LogP contribution is 2.24. The molecule has 3 N–H and O–H groups in total. The zero-order valence-corrected chi connectivity index (χ0v) is 18.8. The van der Waals surface area contributed by atoms with Crippen LogP contribution in [-0.4, -0.2) is 22.4 Å². The van der Waals surface area contributed by atoms with Gasteiger partial charge in [0.05, 0.1) is 5.52 Å². The van der Waals surface area contributed by atoms with E-state index >= 15 is 0 Å². The number of hydrogen-bond donors (Lipinski definition) is 3. The van der Waals surface area contributed by atoms with Gasteiger partial charge in [0.25, 0.3) is 5.91 Å². The molecule has 0 bridgehead atoms. The fourth-order valence-corrected chi connectivity index (χ4v) is 3.57. The number of hydrogen-bond acceptors (Lipinski definition) is 3. The summed E-state index contributed by atoms with van der Waals surface area (Å²) in [6, 6.07) is 22.2. The normalized spacial score (nSPS) is 10.6. The van der Waals surface area contributed by atoms with Crippen LogP contribution in [-0.2, 0) is 9.59 Å². The second-order valence-corrected chi connectivity index (χ2v) is 8.14. The van der Waals surface area contributed by atoms with Crippen molar-refractivity contribution in [3.8, 4) is 0 Å². The topological polar surface area (TPSA) is 92.2 Å². The molecule has 4 rings (SSSR count). The Morgan fingerprint density at radius 2 is 1.47 bits per heavy atom. The molecule has 9 heteroatoms. The fraction of sp³-hybridized carbons (Fsp3) is 0. The second-order valence-electron chi connectivity index (χ2n) is 6.79. The van der Waals surface area contributed by atoms with Crippen molar-refractivity contribution in [3.05, 3.63) is 94.1 Å². The summed E-state index contributed by atoms with van der Waals surface area (Å²) >= 11 is 9.24. The van der Waals surface area contributed by atoms with E-state index < -0.39 is 17.7 Å². The molecular weight excluding hydrogens is 496 g/mol. The summed E-state index contributed by atoms with van der Waals surface area (Å²) in [6.07, 6.45) is 0. The Labute approximate surface area is 196 Å². The van der Waals surface area contributed by atoms with E-state index in [0.29, 0.717) is 27.3 Å². The maximum Gasteiger partial charge on any atom is 0.328 e. The third-order valence-electron chi connectivity index (χ3n) is 4.55. The molecule has 1 heterocycles. The number of amides is 3. The number of nitrogens with one attached hydrogen (secondary N) is 3. The summed E-state index contributed by atoms with van der Waals surface area (Å²) in [5, 5.41) is 6.49. The van der Waals surface area contributed by atoms with Crippen molar-refractivity contribution in [3.63, 3.8) is 0 Å². The molecule has 0 aliphatic heterocycles. The smallest absolute Gasteiger partial charge is 0.321 e. The van der Waals surface area contributed by atoms with Crippen molar-refractivity contribution in [2.24, 2.45) is 0 Å². The summed E-state index contributed by atoms with van der Waals surface area (Å²) in [6.45, 7) is 0. The van der Waals surface area contributed by atoms with Gasteiger partial charge in [-0.15, -0.1) is 0 Å². The summed E-state index contributed by atoms with van der Waals surface area (Å²) in [5.41, 5.74) is 4.24. The van der Waals surface area contributed by atoms with Crippen LogP contribution in [0.5, 0.6) is 0 Å². The van der Waals surface area contributed by atoms with Crippen LogP contribution in [0.3, 0.4) is 0 Å². The van der Waals surface area contributed by atoms with Gasteiger partial charge in [0.15, 0.2) is 0 Å². The van der Waals surface area contributed by atoms with E-state index in [1.54, 1.807) is 66.7 Å². The molecule has 0 atom stereocenters. The van der Waals surface area contributed by atoms with Gasteiger partial charge in [-0.1, -0.05) is 45.7 Å². The first kappa shape index (κ1) is 21.6. The van der Waals surface area contributed by atoms with Crippen molar-refractivity contribution >= 4 is 67.5 Å². The minimum Gasteiger partial charge on any atom is -0.321 e. The molecule has 7 nitrogen and oxygen atoms in total. The Balaban J connectivity index is 1.62. The van der Waals surface area contributed by atoms with Crippen molar-refractivity contribution in [2.75, 3.05) is 16.1 Å². The zero-order chi connectivity index (χ0) is 22.7. The van der Waals surface area contributed by atoms with Crippen LogP contribution >= 0.6 is 27.5 Å². The molecule has 3 amide bonds. The van der Waals surface area contributed by atoms with Gasteiger partial charge in [-0.2, -0.15) is 0 Å². The van der Waals surface area contributed by atoms with Crippen LogP contribution in [0.1, 0.15) is 10.5 Å². The number of fused-ring (bicyclic) bond motifs is 1. The predicted octanol–water partition coefficient (Wildman–Crippen LogP) is 5.02. The van der Waals surface area contributed by atoms with Crippen LogP contribution in [0.25, 0.3) is 10.9 Å². The number of nitrogens with zero attached hydrogens (tertiary/aromatic N) is 1. The predicted molar refractivity (Wildman–Crippen MR) is 128 cm³/mol. The molecule has 0 aliphatic rings. The Hall–Kier alpha value is -3.62. The minimum absolute atomic E-state index is 0.162. The molecular formula is C23H16BrClN4O3. The molecule has 0 spiro atoms. The van der Waals surface area contributed by atoms with E-state index in [2.05, 4.69) is 32.0 Å². The Morgan fingerprint density at radius 3 is 2.19 bits per heavy atom. The van der Waals surface area contributed by atoms with Gasteiger partial charge >= 0.3 is 11.8 Å². The van der Waals surface area contributed by atoms with Gasteiger partial charge in [-0.05, 0) is 60.7 Å². The number of anilines is 2. The number of carbonyl (C=O) groups excluding carboxylic acids is 3. The first-order valence-corrected chi connectivity index (χ1v) is 10.6. The molecule has 0 unspecified atom stereocenters. The zero-order valence-electron chi connectivity index (χ0n) is 16.4. The standard InChI is InChI=1S/C23H16BrClN4O3/c24-15-6-11-19-14(12-15)13-20(21(30)26-17-4-2-1-3-5-17)29(19)28-23(32)22(31)27-18-9-7-16(25)8-10-18/h1-13H,(H,26,30)(H,27,31)(H,28,32). The van der Waals surface area contributed by atoms with E-state index in [4.69, 9.17) is 11.6 Å². The summed E-state index contributed by atoms with van der Waals surface area (Å²) in [5.74, 6) is -2.27. The lowest BCUT2D eigenvalue weighted by molar-refractivity contribution is -0.133. The number of para-hydroxylation sites is 1. The lowest BCUT2D eigenvalue weighted by Gasteiger charge is -2.13. The van der Waals surface area contributed by atoms with Crippen LogP contribution in [0.15, 0.2) is 83.3 Å². The van der Waals surface area contributed by atoms with Gasteiger partial charge in [0, 0.05) is 26.3 Å². The highest BCUT2D eigenvalue weighted by molar-refractivity contribution is 9.10. The number of carbonyl (C=O) groups is 3. The van der Waals surface area contributed by atoms with Gasteiger partial charge in [0.2, 0.25) is 0 Å². The Kier molecular flexibility index (Phi) is 6.25. The average molecular weight is 512 g/mol. The Bertz CT molecular complexity index is 1320. The Morgan fingerprint density at radius 1 is 0.781 bits per heavy atom. The number of rotatable bonds is 4. The van der Waals surface area contributed by atoms with Crippen molar-refractivity contribution in [2.45, 2.75) is 0 Å². The second kappa shape index (κ2) is 9.25. The van der Waals surface area contributed by atoms with Crippen LogP contribution in [0, 0.1) is 0 Å². The summed E-state index contributed by atoms with van der Waals surface area (Å²) in [7, 11) is 0. The quantitative estimate of drug-likeness (QED) is 0.336. The lowest BCUT2D eigenvalue weighted by atomic mass is 10.2. The first-order valence-electron chi connectivity index (χ1n) is 9.46. The molecule has 32 heavy (non-hydrogen) atoms. The fourth-order valence-electron chi connectivity index (χ4n) is 3.06. The highest BCUT2D eigenvalue weighted by Gasteiger charge is 2.21. The molecule has 0 fully saturated rings. The van der Waals surface area contributed by atoms with Gasteiger partial charge in [-0.25, -0.2) is 4.68 Å². The largest absolute Gasteiger partial charge is 0.328 e. The average Bonchev–Trinajstić information content (AvgIpc) is 3.13. The first-order chi connectivity index (χ1) is 15.4. The van der Waals surface area contributed by atoms with Crippen LogP contribution in [0.2, 0.25) is 5.02 Å². The summed E-state index contributed by atoms with van der Waals surface area (Å²) < 4.78 is 2.10. The van der Waals surface area contributed by atoms with Gasteiger partial charge in [-0.3, -0.25) is 19.8 Å². The maximum absolute atomic E-state index is 13.0. The molecule has 0 aliphatic carbocycles. The van der Waals surface area contributed by atoms with Crippen molar-refractivity contribution in [1.82, 2.24) is 4.68 Å². The third-order valence-corrected chi connectivity index (χ3v) is 5.29. The minimum atomic E-state index is -0.936. The van der Waals surface area contributed by atoms with Crippen LogP contribution in [0.4, 0.5) is 11.4 Å².